The molecule has 0 saturated heterocycles. The molecule has 3 aromatic rings. The van der Waals surface area contributed by atoms with E-state index in [9.17, 15) is 71.5 Å². The fourth-order valence-corrected chi connectivity index (χ4v) is 4.27. The summed E-state index contributed by atoms with van der Waals surface area (Å²) in [7, 11) is 0. The SMILES string of the molecule is C[C@@H](NC[C@H]([NH3+])CCCC[NH3+])C(=O)NCCCCCC(=O)Oc1ccc2c(=O)c(-c3ccc(F)cc3)coc2c1.O=C(O)C(F)(F)F.O=C(O)C(F)(F)F.O=C([O-])C(F)(F)F.O=C([O-])C(F)(F)F. The Bertz CT molecular complexity index is 2030. The fraction of sp³-hybridized carbons (Fsp3) is 0.447. The molecule has 0 aliphatic rings. The number of carboxylic acid groups (broad SMARTS) is 4. The molecule has 0 unspecified atom stereocenters. The number of nitrogens with one attached hydrogen (secondary N) is 2. The van der Waals surface area contributed by atoms with Crippen LogP contribution in [-0.2, 0) is 28.8 Å². The van der Waals surface area contributed by atoms with Crippen molar-refractivity contribution < 1.29 is 127 Å². The van der Waals surface area contributed by atoms with E-state index in [1.807, 2.05) is 6.92 Å². The Morgan fingerprint density at radius 2 is 1.24 bits per heavy atom. The molecule has 1 aromatic heterocycles. The van der Waals surface area contributed by atoms with Gasteiger partial charge in [-0.1, -0.05) is 18.6 Å². The summed E-state index contributed by atoms with van der Waals surface area (Å²) in [6, 6.07) is 10.2. The molecule has 0 aliphatic heterocycles. The van der Waals surface area contributed by atoms with Crippen LogP contribution in [0.25, 0.3) is 22.1 Å². The zero-order valence-corrected chi connectivity index (χ0v) is 35.1. The number of carboxylic acids is 4. The molecule has 10 N–H and O–H groups in total. The number of hydrogen-bond acceptors (Lipinski definition) is 12. The molecule has 0 aliphatic carbocycles. The number of aliphatic carboxylic acids is 4. The van der Waals surface area contributed by atoms with E-state index in [0.717, 1.165) is 38.6 Å². The summed E-state index contributed by atoms with van der Waals surface area (Å²) in [5, 5.41) is 38.3. The largest absolute Gasteiger partial charge is 0.542 e. The monoisotopic (exact) mass is 1010 g/mol. The second-order valence-electron chi connectivity index (χ2n) is 13.2. The topological polar surface area (TPSA) is 308 Å². The van der Waals surface area contributed by atoms with Crippen LogP contribution in [0.1, 0.15) is 51.9 Å². The van der Waals surface area contributed by atoms with Gasteiger partial charge in [0, 0.05) is 32.0 Å². The maximum atomic E-state index is 13.2. The van der Waals surface area contributed by atoms with Crippen LogP contribution in [0.4, 0.5) is 57.1 Å². The number of esters is 1. The van der Waals surface area contributed by atoms with E-state index in [0.29, 0.717) is 41.6 Å². The minimum atomic E-state index is -5.19. The number of carbonyl (C=O) groups is 6. The first-order chi connectivity index (χ1) is 31.1. The molecule has 17 nitrogen and oxygen atoms in total. The van der Waals surface area contributed by atoms with Crippen LogP contribution >= 0.6 is 0 Å². The molecule has 1 amide bonds. The standard InChI is InChI=1S/C30H39FN4O5.4C2HF3O2/c1-20(35-18-23(33)7-4-5-15-32)30(38)34-16-6-2-3-8-28(36)40-24-13-14-25-27(17-24)39-19-26(29(25)37)21-9-11-22(31)12-10-21;4*3-2(4,5)1(6)7/h9-14,17,19-20,23,35H,2-8,15-16,18,32-33H2,1H3,(H,34,38);4*(H,6,7)/t20-,23-;;;;/m1..../s1. The van der Waals surface area contributed by atoms with Crippen LogP contribution in [-0.4, -0.2) is 102 Å². The third-order valence-corrected chi connectivity index (χ3v) is 7.66. The number of quaternary nitrogens is 2. The molecule has 0 radical (unpaired) electrons. The van der Waals surface area contributed by atoms with Gasteiger partial charge in [0.25, 0.3) is 0 Å². The van der Waals surface area contributed by atoms with Crippen molar-refractivity contribution in [2.45, 2.75) is 88.7 Å². The Kier molecular flexibility index (Phi) is 28.0. The number of fused-ring (bicyclic) bond motifs is 1. The van der Waals surface area contributed by atoms with Gasteiger partial charge in [0.1, 0.15) is 35.4 Å². The average molecular weight is 1010 g/mol. The first-order valence-corrected chi connectivity index (χ1v) is 18.9. The van der Waals surface area contributed by atoms with Crippen LogP contribution in [0.5, 0.6) is 5.75 Å². The molecule has 384 valence electrons. The van der Waals surface area contributed by atoms with Crippen molar-refractivity contribution in [3.63, 3.8) is 0 Å². The average Bonchev–Trinajstić information content (AvgIpc) is 3.21. The van der Waals surface area contributed by atoms with Gasteiger partial charge in [-0.2, -0.15) is 52.7 Å². The number of ether oxygens (including phenoxy) is 1. The van der Waals surface area contributed by atoms with E-state index in [1.165, 1.54) is 36.6 Å². The van der Waals surface area contributed by atoms with Crippen molar-refractivity contribution >= 4 is 46.7 Å². The van der Waals surface area contributed by atoms with Gasteiger partial charge in [0.15, 0.2) is 5.43 Å². The smallest absolute Gasteiger partial charge is 0.490 e. The summed E-state index contributed by atoms with van der Waals surface area (Å²) in [6.07, 6.45) is -13.6. The molecule has 3 rings (SSSR count). The van der Waals surface area contributed by atoms with Crippen LogP contribution in [0, 0.1) is 5.82 Å². The molecule has 0 fully saturated rings. The van der Waals surface area contributed by atoms with Crippen molar-refractivity contribution in [1.82, 2.24) is 10.6 Å². The Labute approximate surface area is 374 Å². The summed E-state index contributed by atoms with van der Waals surface area (Å²) < 4.78 is 151. The van der Waals surface area contributed by atoms with Gasteiger partial charge in [0.05, 0.1) is 29.6 Å². The summed E-state index contributed by atoms with van der Waals surface area (Å²) in [6.45, 7) is 4.03. The zero-order chi connectivity index (χ0) is 53.2. The summed E-state index contributed by atoms with van der Waals surface area (Å²) in [4.78, 5) is 72.8. The third kappa shape index (κ3) is 28.5. The maximum Gasteiger partial charge on any atom is 0.490 e. The van der Waals surface area contributed by atoms with Crippen LogP contribution in [0.15, 0.2) is 57.9 Å². The first-order valence-electron chi connectivity index (χ1n) is 18.9. The first kappa shape index (κ1) is 63.5. The molecular weight excluding hydrogens is 967 g/mol. The minimum Gasteiger partial charge on any atom is -0.542 e. The van der Waals surface area contributed by atoms with E-state index in [2.05, 4.69) is 22.1 Å². The number of benzene rings is 2. The van der Waals surface area contributed by atoms with E-state index >= 15 is 0 Å². The number of rotatable bonds is 16. The maximum absolute atomic E-state index is 13.2. The Balaban J connectivity index is 0. The zero-order valence-electron chi connectivity index (χ0n) is 35.1. The van der Waals surface area contributed by atoms with Gasteiger partial charge in [-0.05, 0) is 62.4 Å². The van der Waals surface area contributed by atoms with E-state index in [1.54, 1.807) is 12.1 Å². The number of halogens is 13. The molecule has 0 spiro atoms. The van der Waals surface area contributed by atoms with Gasteiger partial charge >= 0.3 is 42.6 Å². The number of hydrogen-bond donors (Lipinski definition) is 6. The summed E-state index contributed by atoms with van der Waals surface area (Å²) in [5.74, 6) is -12.1. The predicted octanol–water partition coefficient (Wildman–Crippen LogP) is 2.05. The lowest BCUT2D eigenvalue weighted by Crippen LogP contribution is -2.65. The highest BCUT2D eigenvalue weighted by Crippen LogP contribution is 2.24. The van der Waals surface area contributed by atoms with Gasteiger partial charge in [-0.3, -0.25) is 14.4 Å². The molecule has 2 atom stereocenters. The molecule has 0 saturated carbocycles. The quantitative estimate of drug-likeness (QED) is 0.0518. The van der Waals surface area contributed by atoms with Crippen LogP contribution in [0.2, 0.25) is 0 Å². The van der Waals surface area contributed by atoms with Crippen molar-refractivity contribution in [3.05, 3.63) is 64.8 Å². The lowest BCUT2D eigenvalue weighted by Gasteiger charge is -2.16. The Morgan fingerprint density at radius 1 is 0.750 bits per heavy atom. The minimum absolute atomic E-state index is 0.0443. The normalized spacial score (nSPS) is 12.1. The Hall–Kier alpha value is -6.56. The lowest BCUT2D eigenvalue weighted by molar-refractivity contribution is -0.419. The van der Waals surface area contributed by atoms with E-state index < -0.39 is 48.6 Å². The highest BCUT2D eigenvalue weighted by molar-refractivity contribution is 5.84. The molecule has 30 heteroatoms. The highest BCUT2D eigenvalue weighted by atomic mass is 19.4. The Morgan fingerprint density at radius 3 is 1.68 bits per heavy atom. The van der Waals surface area contributed by atoms with Crippen LogP contribution < -0.4 is 42.5 Å². The van der Waals surface area contributed by atoms with Crippen molar-refractivity contribution in [2.75, 3.05) is 19.6 Å². The van der Waals surface area contributed by atoms with Gasteiger partial charge < -0.3 is 61.3 Å². The second-order valence-corrected chi connectivity index (χ2v) is 13.2. The summed E-state index contributed by atoms with van der Waals surface area (Å²) >= 11 is 0. The second kappa shape index (κ2) is 29.9. The van der Waals surface area contributed by atoms with Crippen molar-refractivity contribution in [3.8, 4) is 16.9 Å². The lowest BCUT2D eigenvalue weighted by atomic mass is 10.1. The highest BCUT2D eigenvalue weighted by Gasteiger charge is 2.39. The molecule has 2 aromatic carbocycles. The number of amides is 1. The number of carbonyl (C=O) groups excluding carboxylic acids is 4. The van der Waals surface area contributed by atoms with Crippen LogP contribution in [0.3, 0.4) is 0 Å². The van der Waals surface area contributed by atoms with Gasteiger partial charge in [0.2, 0.25) is 5.91 Å². The van der Waals surface area contributed by atoms with Crippen molar-refractivity contribution in [1.29, 1.82) is 0 Å². The number of alkyl halides is 12. The summed E-state index contributed by atoms with van der Waals surface area (Å²) in [5.41, 5.74) is 8.89. The third-order valence-electron chi connectivity index (χ3n) is 7.66. The molecule has 68 heavy (non-hydrogen) atoms. The van der Waals surface area contributed by atoms with Crippen molar-refractivity contribution in [2.24, 2.45) is 0 Å². The van der Waals surface area contributed by atoms with Gasteiger partial charge in [-0.25, -0.2) is 14.0 Å². The fourth-order valence-electron chi connectivity index (χ4n) is 4.27. The molecule has 0 bridgehead atoms. The van der Waals surface area contributed by atoms with Gasteiger partial charge in [-0.15, -0.1) is 0 Å². The van der Waals surface area contributed by atoms with E-state index in [-0.39, 0.29) is 47.4 Å². The number of unbranched alkanes of at least 4 members (excludes halogenated alkanes) is 3. The molecule has 1 heterocycles. The predicted molar refractivity (Wildman–Crippen MR) is 200 cm³/mol. The molecular formula is C38H43F13N4O13. The van der Waals surface area contributed by atoms with E-state index in [4.69, 9.17) is 48.8 Å².